The zero-order chi connectivity index (χ0) is 12.8. The van der Waals surface area contributed by atoms with E-state index in [-0.39, 0.29) is 11.9 Å². The average molecular weight is 241 g/mol. The van der Waals surface area contributed by atoms with E-state index in [9.17, 15) is 4.79 Å². The molecule has 0 aromatic heterocycles. The molecule has 4 N–H and O–H groups in total. The first-order chi connectivity index (χ1) is 8.00. The molecule has 0 saturated heterocycles. The van der Waals surface area contributed by atoms with Gasteiger partial charge in [0.25, 0.3) is 0 Å². The van der Waals surface area contributed by atoms with Crippen LogP contribution in [0.25, 0.3) is 0 Å². The van der Waals surface area contributed by atoms with E-state index in [1.165, 1.54) is 19.3 Å². The molecule has 0 aliphatic heterocycles. The minimum Gasteiger partial charge on any atom is -0.369 e. The van der Waals surface area contributed by atoms with E-state index in [2.05, 4.69) is 18.7 Å². The summed E-state index contributed by atoms with van der Waals surface area (Å²) < 4.78 is 0. The number of nitrogens with two attached hydrogens (primary N) is 2. The molecular weight excluding hydrogens is 214 g/mol. The molecule has 2 atom stereocenters. The van der Waals surface area contributed by atoms with Crippen LogP contribution in [0.1, 0.15) is 46.0 Å². The number of carbonyl (C=O) groups is 1. The average Bonchev–Trinajstić information content (AvgIpc) is 2.40. The van der Waals surface area contributed by atoms with Crippen molar-refractivity contribution in [2.75, 3.05) is 13.1 Å². The van der Waals surface area contributed by atoms with Crippen molar-refractivity contribution in [3.63, 3.8) is 0 Å². The summed E-state index contributed by atoms with van der Waals surface area (Å²) in [5.74, 6) is 0.284. The van der Waals surface area contributed by atoms with Crippen molar-refractivity contribution in [2.45, 2.75) is 58.0 Å². The lowest BCUT2D eigenvalue weighted by Crippen LogP contribution is -2.51. The van der Waals surface area contributed by atoms with Gasteiger partial charge in [-0.2, -0.15) is 0 Å². The number of rotatable bonds is 5. The first kappa shape index (κ1) is 14.5. The van der Waals surface area contributed by atoms with E-state index in [0.29, 0.717) is 18.5 Å². The Balaban J connectivity index is 2.67. The molecule has 1 aliphatic carbocycles. The summed E-state index contributed by atoms with van der Waals surface area (Å²) in [6, 6.07) is 0.517. The summed E-state index contributed by atoms with van der Waals surface area (Å²) in [5, 5.41) is 0. The van der Waals surface area contributed by atoms with Crippen LogP contribution >= 0.6 is 0 Å². The predicted octanol–water partition coefficient (Wildman–Crippen LogP) is 1.09. The van der Waals surface area contributed by atoms with Gasteiger partial charge in [-0.25, -0.2) is 0 Å². The molecule has 0 aromatic rings. The van der Waals surface area contributed by atoms with Crippen molar-refractivity contribution in [1.29, 1.82) is 0 Å². The molecule has 1 aliphatic rings. The molecule has 1 amide bonds. The van der Waals surface area contributed by atoms with E-state index >= 15 is 0 Å². The molecule has 1 rings (SSSR count). The second-order valence-electron chi connectivity index (χ2n) is 5.66. The summed E-state index contributed by atoms with van der Waals surface area (Å²) in [6.07, 6.45) is 5.85. The summed E-state index contributed by atoms with van der Waals surface area (Å²) in [4.78, 5) is 13.4. The molecule has 17 heavy (non-hydrogen) atoms. The number of hydrogen-bond donors (Lipinski definition) is 2. The smallest absolute Gasteiger partial charge is 0.231 e. The quantitative estimate of drug-likeness (QED) is 0.708. The lowest BCUT2D eigenvalue weighted by atomic mass is 10.0. The van der Waals surface area contributed by atoms with Gasteiger partial charge in [0.05, 0.1) is 6.54 Å². The van der Waals surface area contributed by atoms with Gasteiger partial charge in [-0.05, 0) is 18.8 Å². The van der Waals surface area contributed by atoms with Gasteiger partial charge in [0, 0.05) is 18.6 Å². The molecule has 4 nitrogen and oxygen atoms in total. The van der Waals surface area contributed by atoms with E-state index in [4.69, 9.17) is 11.5 Å². The molecule has 0 spiro atoms. The molecule has 4 heteroatoms. The summed E-state index contributed by atoms with van der Waals surface area (Å²) in [6.45, 7) is 5.57. The van der Waals surface area contributed by atoms with Gasteiger partial charge < -0.3 is 11.5 Å². The topological polar surface area (TPSA) is 72.3 Å². The molecule has 0 aromatic carbocycles. The van der Waals surface area contributed by atoms with Crippen molar-refractivity contribution in [3.05, 3.63) is 0 Å². The van der Waals surface area contributed by atoms with E-state index in [0.717, 1.165) is 19.4 Å². The Hall–Kier alpha value is -0.610. The van der Waals surface area contributed by atoms with Gasteiger partial charge in [0.1, 0.15) is 0 Å². The minimum atomic E-state index is -0.248. The molecule has 0 radical (unpaired) electrons. The van der Waals surface area contributed by atoms with Crippen molar-refractivity contribution >= 4 is 5.91 Å². The lowest BCUT2D eigenvalue weighted by molar-refractivity contribution is -0.120. The van der Waals surface area contributed by atoms with Crippen LogP contribution in [0.5, 0.6) is 0 Å². The number of hydrogen-bond acceptors (Lipinski definition) is 3. The summed E-state index contributed by atoms with van der Waals surface area (Å²) in [5.41, 5.74) is 11.6. The van der Waals surface area contributed by atoms with E-state index in [1.54, 1.807) is 0 Å². The van der Waals surface area contributed by atoms with Crippen LogP contribution in [0, 0.1) is 5.92 Å². The SMILES string of the molecule is CC(C)CN(CC(N)=O)C1CCCCCC1N. The summed E-state index contributed by atoms with van der Waals surface area (Å²) >= 11 is 0. The highest BCUT2D eigenvalue weighted by atomic mass is 16.1. The van der Waals surface area contributed by atoms with Crippen LogP contribution < -0.4 is 11.5 Å². The monoisotopic (exact) mass is 241 g/mol. The zero-order valence-electron chi connectivity index (χ0n) is 11.2. The third-order valence-corrected chi connectivity index (χ3v) is 3.46. The third kappa shape index (κ3) is 5.04. The van der Waals surface area contributed by atoms with E-state index in [1.807, 2.05) is 0 Å². The maximum Gasteiger partial charge on any atom is 0.231 e. The second-order valence-corrected chi connectivity index (χ2v) is 5.66. The maximum absolute atomic E-state index is 11.2. The Morgan fingerprint density at radius 2 is 1.94 bits per heavy atom. The minimum absolute atomic E-state index is 0.190. The zero-order valence-corrected chi connectivity index (χ0v) is 11.2. The first-order valence-electron chi connectivity index (χ1n) is 6.78. The van der Waals surface area contributed by atoms with Gasteiger partial charge in [0.15, 0.2) is 0 Å². The maximum atomic E-state index is 11.2. The standard InChI is InChI=1S/C13H27N3O/c1-10(2)8-16(9-13(15)17)12-7-5-3-4-6-11(12)14/h10-12H,3-9,14H2,1-2H3,(H2,15,17). The Bertz CT molecular complexity index is 243. The summed E-state index contributed by atoms with van der Waals surface area (Å²) in [7, 11) is 0. The van der Waals surface area contributed by atoms with Gasteiger partial charge >= 0.3 is 0 Å². The van der Waals surface area contributed by atoms with Crippen LogP contribution in [-0.2, 0) is 4.79 Å². The lowest BCUT2D eigenvalue weighted by Gasteiger charge is -2.35. The second kappa shape index (κ2) is 6.97. The van der Waals surface area contributed by atoms with Crippen molar-refractivity contribution in [2.24, 2.45) is 17.4 Å². The fraction of sp³-hybridized carbons (Fsp3) is 0.923. The highest BCUT2D eigenvalue weighted by Crippen LogP contribution is 2.22. The van der Waals surface area contributed by atoms with E-state index < -0.39 is 0 Å². The molecule has 0 heterocycles. The van der Waals surface area contributed by atoms with Gasteiger partial charge in [-0.1, -0.05) is 33.1 Å². The van der Waals surface area contributed by atoms with Crippen molar-refractivity contribution < 1.29 is 4.79 Å². The van der Waals surface area contributed by atoms with Crippen LogP contribution in [-0.4, -0.2) is 36.0 Å². The Labute approximate surface area is 105 Å². The Morgan fingerprint density at radius 1 is 1.29 bits per heavy atom. The molecule has 2 unspecified atom stereocenters. The number of amides is 1. The van der Waals surface area contributed by atoms with Gasteiger partial charge in [0.2, 0.25) is 5.91 Å². The van der Waals surface area contributed by atoms with Crippen molar-refractivity contribution in [3.8, 4) is 0 Å². The van der Waals surface area contributed by atoms with Gasteiger partial charge in [-0.3, -0.25) is 9.69 Å². The highest BCUT2D eigenvalue weighted by Gasteiger charge is 2.27. The molecular formula is C13H27N3O. The predicted molar refractivity (Wildman–Crippen MR) is 70.5 cm³/mol. The highest BCUT2D eigenvalue weighted by molar-refractivity contribution is 5.75. The Kier molecular flexibility index (Phi) is 5.92. The van der Waals surface area contributed by atoms with Crippen molar-refractivity contribution in [1.82, 2.24) is 4.90 Å². The normalized spacial score (nSPS) is 26.2. The van der Waals surface area contributed by atoms with Gasteiger partial charge in [-0.15, -0.1) is 0 Å². The first-order valence-corrected chi connectivity index (χ1v) is 6.78. The van der Waals surface area contributed by atoms with Crippen LogP contribution in [0.3, 0.4) is 0 Å². The molecule has 1 fully saturated rings. The fourth-order valence-electron chi connectivity index (χ4n) is 2.76. The molecule has 100 valence electrons. The largest absolute Gasteiger partial charge is 0.369 e. The van der Waals surface area contributed by atoms with Crippen LogP contribution in [0.15, 0.2) is 0 Å². The van der Waals surface area contributed by atoms with Crippen LogP contribution in [0.4, 0.5) is 0 Å². The fourth-order valence-corrected chi connectivity index (χ4v) is 2.76. The number of primary amides is 1. The molecule has 1 saturated carbocycles. The van der Waals surface area contributed by atoms with Crippen LogP contribution in [0.2, 0.25) is 0 Å². The number of nitrogens with zero attached hydrogens (tertiary/aromatic N) is 1. The molecule has 0 bridgehead atoms. The number of carbonyl (C=O) groups excluding carboxylic acids is 1. The Morgan fingerprint density at radius 3 is 2.53 bits per heavy atom. The third-order valence-electron chi connectivity index (χ3n) is 3.46.